The maximum absolute atomic E-state index is 9.86. The van der Waals surface area contributed by atoms with Crippen molar-refractivity contribution in [3.8, 4) is 0 Å². The molecule has 0 saturated heterocycles. The Morgan fingerprint density at radius 3 is 3.00 bits per heavy atom. The van der Waals surface area contributed by atoms with Gasteiger partial charge >= 0.3 is 5.97 Å². The molecule has 0 radical (unpaired) electrons. The van der Waals surface area contributed by atoms with Crippen molar-refractivity contribution in [1.29, 1.82) is 0 Å². The van der Waals surface area contributed by atoms with E-state index in [0.717, 1.165) is 0 Å². The highest BCUT2D eigenvalue weighted by atomic mass is 17.2. The number of hydrogen-bond donors (Lipinski definition) is 2. The van der Waals surface area contributed by atoms with E-state index < -0.39 is 5.97 Å². The second-order valence-electron chi connectivity index (χ2n) is 1.34. The van der Waals surface area contributed by atoms with Crippen molar-refractivity contribution >= 4 is 5.97 Å². The third-order valence-electron chi connectivity index (χ3n) is 0.591. The molecule has 5 nitrogen and oxygen atoms in total. The van der Waals surface area contributed by atoms with Gasteiger partial charge in [-0.2, -0.15) is 4.89 Å². The third-order valence-corrected chi connectivity index (χ3v) is 0.591. The molecule has 0 unspecified atom stereocenters. The first kappa shape index (κ1) is 8.77. The molecule has 2 N–H and O–H groups in total. The summed E-state index contributed by atoms with van der Waals surface area (Å²) < 4.78 is 0. The van der Waals surface area contributed by atoms with Crippen molar-refractivity contribution in [2.75, 3.05) is 13.7 Å². The Bertz CT molecular complexity index is 123. The van der Waals surface area contributed by atoms with Crippen molar-refractivity contribution in [2.45, 2.75) is 0 Å². The van der Waals surface area contributed by atoms with Gasteiger partial charge in [0.25, 0.3) is 0 Å². The summed E-state index contributed by atoms with van der Waals surface area (Å²) in [4.78, 5) is 18.3. The molecule has 0 amide bonds. The zero-order valence-corrected chi connectivity index (χ0v) is 5.53. The van der Waals surface area contributed by atoms with Crippen LogP contribution in [0.25, 0.3) is 0 Å². The van der Waals surface area contributed by atoms with E-state index in [4.69, 9.17) is 5.11 Å². The summed E-state index contributed by atoms with van der Waals surface area (Å²) in [5, 5.41) is 10.5. The molecule has 0 rings (SSSR count). The lowest BCUT2D eigenvalue weighted by molar-refractivity contribution is -0.223. The first-order valence-corrected chi connectivity index (χ1v) is 2.57. The van der Waals surface area contributed by atoms with Crippen LogP contribution in [-0.4, -0.2) is 24.7 Å². The number of nitrogens with one attached hydrogen (secondary N) is 1. The standard InChI is InChI=1S/C5H9NO4/c1-9-10-3-2-6-4-5(7)8/h2-3,6H,4H2,1H3,(H,7,8). The number of hydrogen-bond acceptors (Lipinski definition) is 4. The molecule has 0 aromatic carbocycles. The molecule has 0 aliphatic carbocycles. The van der Waals surface area contributed by atoms with Gasteiger partial charge < -0.3 is 15.3 Å². The minimum Gasteiger partial charge on any atom is -0.480 e. The van der Waals surface area contributed by atoms with Crippen LogP contribution in [0.5, 0.6) is 0 Å². The summed E-state index contributed by atoms with van der Waals surface area (Å²) >= 11 is 0. The quantitative estimate of drug-likeness (QED) is 0.318. The number of carboxylic acid groups (broad SMARTS) is 1. The van der Waals surface area contributed by atoms with Crippen molar-refractivity contribution in [3.63, 3.8) is 0 Å². The smallest absolute Gasteiger partial charge is 0.322 e. The van der Waals surface area contributed by atoms with Crippen LogP contribution in [0, 0.1) is 0 Å². The molecule has 0 heterocycles. The molecule has 5 heteroatoms. The van der Waals surface area contributed by atoms with Crippen LogP contribution in [-0.2, 0) is 14.6 Å². The van der Waals surface area contributed by atoms with Gasteiger partial charge in [-0.1, -0.05) is 0 Å². The molecule has 0 bridgehead atoms. The van der Waals surface area contributed by atoms with Crippen LogP contribution in [0.15, 0.2) is 12.5 Å². The van der Waals surface area contributed by atoms with Crippen LogP contribution >= 0.6 is 0 Å². The van der Waals surface area contributed by atoms with Gasteiger partial charge in [-0.3, -0.25) is 4.79 Å². The van der Waals surface area contributed by atoms with Crippen LogP contribution in [0.2, 0.25) is 0 Å². The zero-order chi connectivity index (χ0) is 7.82. The number of aliphatic carboxylic acids is 1. The van der Waals surface area contributed by atoms with Crippen LogP contribution in [0.4, 0.5) is 0 Å². The predicted octanol–water partition coefficient (Wildman–Crippen LogP) is -0.290. The van der Waals surface area contributed by atoms with Gasteiger partial charge in [-0.05, 0) is 0 Å². The highest BCUT2D eigenvalue weighted by Gasteiger charge is 1.88. The maximum Gasteiger partial charge on any atom is 0.322 e. The van der Waals surface area contributed by atoms with Gasteiger partial charge in [-0.15, -0.1) is 0 Å². The van der Waals surface area contributed by atoms with Crippen molar-refractivity contribution in [3.05, 3.63) is 12.5 Å². The van der Waals surface area contributed by atoms with Crippen molar-refractivity contribution < 1.29 is 19.7 Å². The summed E-state index contributed by atoms with van der Waals surface area (Å²) in [6, 6.07) is 0. The first-order valence-electron chi connectivity index (χ1n) is 2.57. The van der Waals surface area contributed by atoms with Crippen LogP contribution in [0.1, 0.15) is 0 Å². The first-order chi connectivity index (χ1) is 4.77. The topological polar surface area (TPSA) is 67.8 Å². The fourth-order valence-electron chi connectivity index (χ4n) is 0.278. The normalized spacial score (nSPS) is 9.70. The maximum atomic E-state index is 9.86. The van der Waals surface area contributed by atoms with E-state index in [1.807, 2.05) is 0 Å². The molecule has 58 valence electrons. The Balaban J connectivity index is 3.10. The van der Waals surface area contributed by atoms with E-state index in [1.54, 1.807) is 0 Å². The number of rotatable bonds is 5. The molecule has 0 aliphatic heterocycles. The largest absolute Gasteiger partial charge is 0.480 e. The summed E-state index contributed by atoms with van der Waals surface area (Å²) in [5.41, 5.74) is 0. The molecule has 0 aromatic heterocycles. The Labute approximate surface area is 58.2 Å². The van der Waals surface area contributed by atoms with Gasteiger partial charge in [-0.25, -0.2) is 0 Å². The van der Waals surface area contributed by atoms with E-state index >= 15 is 0 Å². The van der Waals surface area contributed by atoms with Crippen molar-refractivity contribution in [1.82, 2.24) is 5.32 Å². The third kappa shape index (κ3) is 6.77. The fourth-order valence-corrected chi connectivity index (χ4v) is 0.278. The summed E-state index contributed by atoms with van der Waals surface area (Å²) in [5.74, 6) is -0.929. The molecular weight excluding hydrogens is 138 g/mol. The molecule has 0 atom stereocenters. The lowest BCUT2D eigenvalue weighted by atomic mass is 10.6. The number of carboxylic acids is 1. The second kappa shape index (κ2) is 5.90. The minimum atomic E-state index is -0.929. The Morgan fingerprint density at radius 2 is 2.50 bits per heavy atom. The van der Waals surface area contributed by atoms with Gasteiger partial charge in [0.15, 0.2) is 0 Å². The second-order valence-corrected chi connectivity index (χ2v) is 1.34. The molecule has 0 fully saturated rings. The lowest BCUT2D eigenvalue weighted by Gasteiger charge is -1.93. The van der Waals surface area contributed by atoms with E-state index in [-0.39, 0.29) is 6.54 Å². The number of carbonyl (C=O) groups is 1. The van der Waals surface area contributed by atoms with E-state index in [2.05, 4.69) is 15.1 Å². The molecule has 0 spiro atoms. The summed E-state index contributed by atoms with van der Waals surface area (Å²) in [7, 11) is 1.35. The molecule has 0 saturated carbocycles. The Kier molecular flexibility index (Phi) is 5.17. The SMILES string of the molecule is COOC=CNCC(=O)O. The van der Waals surface area contributed by atoms with Crippen LogP contribution in [0.3, 0.4) is 0 Å². The molecular formula is C5H9NO4. The molecule has 10 heavy (non-hydrogen) atoms. The molecule has 0 aromatic rings. The van der Waals surface area contributed by atoms with E-state index in [9.17, 15) is 4.79 Å². The monoisotopic (exact) mass is 147 g/mol. The van der Waals surface area contributed by atoms with Gasteiger partial charge in [0.05, 0.1) is 7.11 Å². The highest BCUT2D eigenvalue weighted by molar-refractivity contribution is 5.69. The average molecular weight is 147 g/mol. The van der Waals surface area contributed by atoms with E-state index in [1.165, 1.54) is 19.6 Å². The lowest BCUT2D eigenvalue weighted by Crippen LogP contribution is -2.16. The van der Waals surface area contributed by atoms with Gasteiger partial charge in [0.1, 0.15) is 12.8 Å². The zero-order valence-electron chi connectivity index (χ0n) is 5.53. The van der Waals surface area contributed by atoms with Gasteiger partial charge in [0, 0.05) is 6.20 Å². The van der Waals surface area contributed by atoms with E-state index in [0.29, 0.717) is 0 Å². The van der Waals surface area contributed by atoms with Crippen LogP contribution < -0.4 is 5.32 Å². The predicted molar refractivity (Wildman–Crippen MR) is 32.9 cm³/mol. The van der Waals surface area contributed by atoms with Gasteiger partial charge in [0.2, 0.25) is 0 Å². The summed E-state index contributed by atoms with van der Waals surface area (Å²) in [6.07, 6.45) is 2.53. The Morgan fingerprint density at radius 1 is 1.80 bits per heavy atom. The summed E-state index contributed by atoms with van der Waals surface area (Å²) in [6.45, 7) is -0.135. The fraction of sp³-hybridized carbons (Fsp3) is 0.400. The molecule has 0 aliphatic rings. The average Bonchev–Trinajstić information content (AvgIpc) is 1.87. The van der Waals surface area contributed by atoms with Crippen molar-refractivity contribution in [2.24, 2.45) is 0 Å². The Hall–Kier alpha value is -1.23. The minimum absolute atomic E-state index is 0.135. The highest BCUT2D eigenvalue weighted by Crippen LogP contribution is 1.72.